The first kappa shape index (κ1) is 29.3. The average Bonchev–Trinajstić information content (AvgIpc) is 2.82. The van der Waals surface area contributed by atoms with E-state index in [1.807, 2.05) is 32.9 Å². The Bertz CT molecular complexity index is 1140. The number of hydrogen-bond donors (Lipinski definition) is 1. The lowest BCUT2D eigenvalue weighted by atomic mass is 10.1. The summed E-state index contributed by atoms with van der Waals surface area (Å²) in [4.78, 5) is 27.5. The summed E-state index contributed by atoms with van der Waals surface area (Å²) in [6.45, 7) is 8.29. The Kier molecular flexibility index (Phi) is 10.9. The van der Waals surface area contributed by atoms with Crippen LogP contribution in [0.15, 0.2) is 42.5 Å². The van der Waals surface area contributed by atoms with Gasteiger partial charge < -0.3 is 10.2 Å². The predicted octanol–water partition coefficient (Wildman–Crippen LogP) is 4.32. The fourth-order valence-corrected chi connectivity index (χ4v) is 4.91. The summed E-state index contributed by atoms with van der Waals surface area (Å²) in [5.74, 6) is -0.909. The molecule has 2 aromatic rings. The maximum atomic E-state index is 13.4. The SMILES string of the molecule is CCCCNC(=O)C(C)N(Cc1ccc(F)cc1)C(=O)CCCN(c1cccc(C)c1C)S(C)(=O)=O. The molecule has 0 bridgehead atoms. The molecule has 0 spiro atoms. The van der Waals surface area contributed by atoms with Crippen molar-refractivity contribution < 1.29 is 22.4 Å². The van der Waals surface area contributed by atoms with E-state index in [0.717, 1.165) is 30.2 Å². The molecule has 0 fully saturated rings. The third-order valence-electron chi connectivity index (χ3n) is 6.26. The molecule has 0 saturated carbocycles. The lowest BCUT2D eigenvalue weighted by Crippen LogP contribution is -2.48. The highest BCUT2D eigenvalue weighted by Crippen LogP contribution is 2.25. The summed E-state index contributed by atoms with van der Waals surface area (Å²) in [6.07, 6.45) is 3.27. The van der Waals surface area contributed by atoms with E-state index in [9.17, 15) is 22.4 Å². The molecule has 0 saturated heterocycles. The Morgan fingerprint density at radius 1 is 1.06 bits per heavy atom. The maximum Gasteiger partial charge on any atom is 0.242 e. The molecule has 1 atom stereocenters. The Labute approximate surface area is 214 Å². The van der Waals surface area contributed by atoms with Gasteiger partial charge in [0.25, 0.3) is 0 Å². The van der Waals surface area contributed by atoms with Crippen molar-refractivity contribution in [2.75, 3.05) is 23.7 Å². The van der Waals surface area contributed by atoms with Crippen LogP contribution < -0.4 is 9.62 Å². The number of anilines is 1. The summed E-state index contributed by atoms with van der Waals surface area (Å²) in [5, 5.41) is 2.86. The normalized spacial score (nSPS) is 12.2. The quantitative estimate of drug-likeness (QED) is 0.399. The van der Waals surface area contributed by atoms with Crippen LogP contribution in [0.5, 0.6) is 0 Å². The van der Waals surface area contributed by atoms with Gasteiger partial charge in [-0.05, 0) is 68.5 Å². The van der Waals surface area contributed by atoms with Crippen LogP contribution in [0.4, 0.5) is 10.1 Å². The van der Waals surface area contributed by atoms with Gasteiger partial charge in [-0.1, -0.05) is 37.6 Å². The van der Waals surface area contributed by atoms with Crippen LogP contribution in [-0.2, 0) is 26.2 Å². The van der Waals surface area contributed by atoms with E-state index in [1.165, 1.54) is 21.3 Å². The van der Waals surface area contributed by atoms with Gasteiger partial charge in [0.05, 0.1) is 11.9 Å². The van der Waals surface area contributed by atoms with Crippen molar-refractivity contribution in [3.05, 3.63) is 65.0 Å². The van der Waals surface area contributed by atoms with Crippen molar-refractivity contribution in [1.29, 1.82) is 0 Å². The van der Waals surface area contributed by atoms with Gasteiger partial charge in [-0.3, -0.25) is 13.9 Å². The molecule has 2 rings (SSSR count). The summed E-state index contributed by atoms with van der Waals surface area (Å²) in [5.41, 5.74) is 3.14. The van der Waals surface area contributed by atoms with E-state index in [2.05, 4.69) is 5.32 Å². The zero-order chi connectivity index (χ0) is 26.9. The molecule has 0 aliphatic heterocycles. The van der Waals surface area contributed by atoms with Crippen LogP contribution in [0, 0.1) is 19.7 Å². The number of rotatable bonds is 13. The number of nitrogens with zero attached hydrogens (tertiary/aromatic N) is 2. The lowest BCUT2D eigenvalue weighted by Gasteiger charge is -2.29. The summed E-state index contributed by atoms with van der Waals surface area (Å²) in [6, 6.07) is 10.6. The number of unbranched alkanes of at least 4 members (excludes halogenated alkanes) is 1. The van der Waals surface area contributed by atoms with Gasteiger partial charge in [-0.25, -0.2) is 12.8 Å². The number of carbonyl (C=O) groups excluding carboxylic acids is 2. The molecule has 0 aliphatic rings. The first-order chi connectivity index (χ1) is 17.0. The fraction of sp³-hybridized carbons (Fsp3) is 0.481. The van der Waals surface area contributed by atoms with Crippen molar-refractivity contribution in [3.63, 3.8) is 0 Å². The zero-order valence-corrected chi connectivity index (χ0v) is 22.7. The minimum absolute atomic E-state index is 0.0602. The summed E-state index contributed by atoms with van der Waals surface area (Å²) in [7, 11) is -3.56. The highest BCUT2D eigenvalue weighted by molar-refractivity contribution is 7.92. The summed E-state index contributed by atoms with van der Waals surface area (Å²) >= 11 is 0. The van der Waals surface area contributed by atoms with Gasteiger partial charge in [0, 0.05) is 26.1 Å². The minimum Gasteiger partial charge on any atom is -0.354 e. The molecule has 7 nitrogen and oxygen atoms in total. The second-order valence-electron chi connectivity index (χ2n) is 9.13. The van der Waals surface area contributed by atoms with Crippen LogP contribution in [0.3, 0.4) is 0 Å². The third-order valence-corrected chi connectivity index (χ3v) is 7.44. The molecule has 1 N–H and O–H groups in total. The molecule has 0 radical (unpaired) electrons. The molecule has 2 amide bonds. The van der Waals surface area contributed by atoms with Crippen molar-refractivity contribution in [1.82, 2.24) is 10.2 Å². The van der Waals surface area contributed by atoms with Gasteiger partial charge >= 0.3 is 0 Å². The lowest BCUT2D eigenvalue weighted by molar-refractivity contribution is -0.140. The standard InChI is InChI=1S/C27H38FN3O4S/c1-6-7-17-29-27(33)22(4)30(19-23-13-15-24(28)16-14-23)26(32)12-9-18-31(36(5,34)35)25-11-8-10-20(2)21(25)3/h8,10-11,13-16,22H,6-7,9,12,17-19H2,1-5H3,(H,29,33). The topological polar surface area (TPSA) is 86.8 Å². The molecule has 1 unspecified atom stereocenters. The Balaban J connectivity index is 2.17. The molecule has 2 aromatic carbocycles. The number of benzene rings is 2. The van der Waals surface area contributed by atoms with E-state index < -0.39 is 16.1 Å². The Morgan fingerprint density at radius 3 is 2.33 bits per heavy atom. The fourth-order valence-electron chi connectivity index (χ4n) is 3.89. The molecule has 9 heteroatoms. The molecule has 0 heterocycles. The number of sulfonamides is 1. The van der Waals surface area contributed by atoms with Crippen LogP contribution in [0.2, 0.25) is 0 Å². The minimum atomic E-state index is -3.56. The maximum absolute atomic E-state index is 13.4. The van der Waals surface area contributed by atoms with Gasteiger partial charge in [0.2, 0.25) is 21.8 Å². The molecule has 198 valence electrons. The smallest absolute Gasteiger partial charge is 0.242 e. The number of hydrogen-bond acceptors (Lipinski definition) is 4. The Hall–Kier alpha value is -2.94. The van der Waals surface area contributed by atoms with Crippen molar-refractivity contribution in [2.24, 2.45) is 0 Å². The first-order valence-corrected chi connectivity index (χ1v) is 14.2. The average molecular weight is 520 g/mol. The first-order valence-electron chi connectivity index (χ1n) is 12.3. The zero-order valence-electron chi connectivity index (χ0n) is 21.9. The number of carbonyl (C=O) groups is 2. The van der Waals surface area contributed by atoms with Gasteiger partial charge in [-0.2, -0.15) is 0 Å². The van der Waals surface area contributed by atoms with E-state index in [-0.39, 0.29) is 43.6 Å². The number of amides is 2. The van der Waals surface area contributed by atoms with Crippen LogP contribution in [0.25, 0.3) is 0 Å². The van der Waals surface area contributed by atoms with E-state index in [4.69, 9.17) is 0 Å². The summed E-state index contributed by atoms with van der Waals surface area (Å²) < 4.78 is 39.8. The second-order valence-corrected chi connectivity index (χ2v) is 11.0. The number of halogens is 1. The monoisotopic (exact) mass is 519 g/mol. The van der Waals surface area contributed by atoms with Crippen LogP contribution in [-0.4, -0.2) is 50.5 Å². The van der Waals surface area contributed by atoms with E-state index in [1.54, 1.807) is 25.1 Å². The van der Waals surface area contributed by atoms with Crippen LogP contribution >= 0.6 is 0 Å². The third kappa shape index (κ3) is 8.33. The molecule has 0 aromatic heterocycles. The molecule has 0 aliphatic carbocycles. The van der Waals surface area contributed by atoms with Crippen molar-refractivity contribution in [3.8, 4) is 0 Å². The highest BCUT2D eigenvalue weighted by atomic mass is 32.2. The number of aryl methyl sites for hydroxylation is 1. The van der Waals surface area contributed by atoms with E-state index >= 15 is 0 Å². The molecular weight excluding hydrogens is 481 g/mol. The van der Waals surface area contributed by atoms with Gasteiger partial charge in [0.15, 0.2) is 0 Å². The second kappa shape index (κ2) is 13.4. The Morgan fingerprint density at radius 2 is 1.72 bits per heavy atom. The molecular formula is C27H38FN3O4S. The van der Waals surface area contributed by atoms with E-state index in [0.29, 0.717) is 17.8 Å². The largest absolute Gasteiger partial charge is 0.354 e. The van der Waals surface area contributed by atoms with Crippen molar-refractivity contribution >= 4 is 27.5 Å². The van der Waals surface area contributed by atoms with Crippen molar-refractivity contribution in [2.45, 2.75) is 66.0 Å². The predicted molar refractivity (Wildman–Crippen MR) is 142 cm³/mol. The molecule has 36 heavy (non-hydrogen) atoms. The number of nitrogens with one attached hydrogen (secondary N) is 1. The van der Waals surface area contributed by atoms with Gasteiger partial charge in [-0.15, -0.1) is 0 Å². The van der Waals surface area contributed by atoms with Crippen LogP contribution in [0.1, 0.15) is 56.2 Å². The van der Waals surface area contributed by atoms with Gasteiger partial charge in [0.1, 0.15) is 11.9 Å². The highest BCUT2D eigenvalue weighted by Gasteiger charge is 2.27.